The first-order chi connectivity index (χ1) is 8.24. The molecule has 2 aromatic rings. The van der Waals surface area contributed by atoms with Gasteiger partial charge in [0.25, 0.3) is 0 Å². The van der Waals surface area contributed by atoms with Crippen LogP contribution in [0, 0.1) is 0 Å². The molecule has 0 aliphatic heterocycles. The second kappa shape index (κ2) is 4.52. The summed E-state index contributed by atoms with van der Waals surface area (Å²) in [7, 11) is 0. The molecule has 0 fully saturated rings. The molecular formula is C12H9NO4. The van der Waals surface area contributed by atoms with E-state index in [1.165, 1.54) is 24.7 Å². The van der Waals surface area contributed by atoms with Gasteiger partial charge in [-0.15, -0.1) is 0 Å². The molecule has 5 heteroatoms. The smallest absolute Gasteiger partial charge is 0.300 e. The summed E-state index contributed by atoms with van der Waals surface area (Å²) in [4.78, 5) is 24.6. The average Bonchev–Trinajstić information content (AvgIpc) is 3.03. The Bertz CT molecular complexity index is 479. The first kappa shape index (κ1) is 10.9. The zero-order chi connectivity index (χ0) is 12.3. The molecule has 0 N–H and O–H groups in total. The van der Waals surface area contributed by atoms with E-state index in [4.69, 9.17) is 8.83 Å². The molecule has 2 amide bonds. The van der Waals surface area contributed by atoms with E-state index < -0.39 is 11.8 Å². The van der Waals surface area contributed by atoms with Gasteiger partial charge in [-0.05, 0) is 24.3 Å². The molecule has 0 aromatic carbocycles. The van der Waals surface area contributed by atoms with Crippen LogP contribution >= 0.6 is 0 Å². The molecule has 0 bridgehead atoms. The number of carbonyl (C=O) groups excluding carboxylic acids is 2. The molecule has 0 atom stereocenters. The zero-order valence-electron chi connectivity index (χ0n) is 8.83. The highest BCUT2D eigenvalue weighted by Gasteiger charge is 2.25. The van der Waals surface area contributed by atoms with E-state index in [0.717, 1.165) is 11.1 Å². The number of imide groups is 1. The Hall–Kier alpha value is -2.56. The molecule has 2 rings (SSSR count). The third-order valence-corrected chi connectivity index (χ3v) is 2.08. The van der Waals surface area contributed by atoms with E-state index in [1.807, 2.05) is 0 Å². The summed E-state index contributed by atoms with van der Waals surface area (Å²) in [5.74, 6) is -1.06. The van der Waals surface area contributed by atoms with Gasteiger partial charge in [0.15, 0.2) is 11.5 Å². The normalized spacial score (nSPS) is 9.88. The number of hydrogen-bond acceptors (Lipinski definition) is 4. The first-order valence-electron chi connectivity index (χ1n) is 4.81. The number of carbonyl (C=O) groups is 2. The Morgan fingerprint density at radius 1 is 1.06 bits per heavy atom. The van der Waals surface area contributed by atoms with Gasteiger partial charge in [-0.3, -0.25) is 9.59 Å². The lowest BCUT2D eigenvalue weighted by Gasteiger charge is -2.12. The SMILES string of the molecule is C=CN(C(=O)c1ccco1)C(=O)c1ccco1. The summed E-state index contributed by atoms with van der Waals surface area (Å²) >= 11 is 0. The summed E-state index contributed by atoms with van der Waals surface area (Å²) in [5.41, 5.74) is 0. The van der Waals surface area contributed by atoms with Crippen molar-refractivity contribution in [3.63, 3.8) is 0 Å². The van der Waals surface area contributed by atoms with Crippen molar-refractivity contribution in [3.8, 4) is 0 Å². The second-order valence-corrected chi connectivity index (χ2v) is 3.12. The van der Waals surface area contributed by atoms with E-state index >= 15 is 0 Å². The molecule has 0 saturated heterocycles. The zero-order valence-corrected chi connectivity index (χ0v) is 8.83. The highest BCUT2D eigenvalue weighted by molar-refractivity contribution is 6.09. The van der Waals surface area contributed by atoms with Gasteiger partial charge >= 0.3 is 11.8 Å². The van der Waals surface area contributed by atoms with E-state index in [1.54, 1.807) is 12.1 Å². The number of nitrogens with zero attached hydrogens (tertiary/aromatic N) is 1. The maximum Gasteiger partial charge on any atom is 0.300 e. The minimum Gasteiger partial charge on any atom is -0.459 e. The largest absolute Gasteiger partial charge is 0.459 e. The van der Waals surface area contributed by atoms with Crippen LogP contribution in [-0.4, -0.2) is 16.7 Å². The third-order valence-electron chi connectivity index (χ3n) is 2.08. The number of rotatable bonds is 3. The lowest BCUT2D eigenvalue weighted by Crippen LogP contribution is -2.31. The fourth-order valence-electron chi connectivity index (χ4n) is 1.30. The number of furan rings is 2. The number of hydrogen-bond donors (Lipinski definition) is 0. The van der Waals surface area contributed by atoms with Gasteiger partial charge in [0.05, 0.1) is 12.5 Å². The van der Waals surface area contributed by atoms with Crippen LogP contribution in [0.1, 0.15) is 21.1 Å². The topological polar surface area (TPSA) is 63.7 Å². The Morgan fingerprint density at radius 2 is 1.53 bits per heavy atom. The lowest BCUT2D eigenvalue weighted by molar-refractivity contribution is 0.0649. The molecule has 17 heavy (non-hydrogen) atoms. The molecule has 0 saturated carbocycles. The van der Waals surface area contributed by atoms with E-state index in [-0.39, 0.29) is 11.5 Å². The van der Waals surface area contributed by atoms with Crippen LogP contribution in [0.3, 0.4) is 0 Å². The molecule has 2 aromatic heterocycles. The van der Waals surface area contributed by atoms with Crippen LogP contribution in [0.25, 0.3) is 0 Å². The van der Waals surface area contributed by atoms with Crippen LogP contribution in [-0.2, 0) is 0 Å². The summed E-state index contributed by atoms with van der Waals surface area (Å²) in [6.07, 6.45) is 3.83. The Morgan fingerprint density at radius 3 is 1.82 bits per heavy atom. The van der Waals surface area contributed by atoms with Gasteiger partial charge in [-0.1, -0.05) is 6.58 Å². The van der Waals surface area contributed by atoms with Gasteiger partial charge in [0, 0.05) is 6.20 Å². The minimum atomic E-state index is -0.591. The maximum atomic E-state index is 11.9. The summed E-state index contributed by atoms with van der Waals surface area (Å²) in [5, 5.41) is 0. The second-order valence-electron chi connectivity index (χ2n) is 3.12. The summed E-state index contributed by atoms with van der Waals surface area (Å²) in [6, 6.07) is 6.06. The highest BCUT2D eigenvalue weighted by Crippen LogP contribution is 2.11. The molecular weight excluding hydrogens is 222 g/mol. The average molecular weight is 231 g/mol. The van der Waals surface area contributed by atoms with Gasteiger partial charge in [-0.2, -0.15) is 0 Å². The predicted molar refractivity (Wildman–Crippen MR) is 58.1 cm³/mol. The van der Waals surface area contributed by atoms with Crippen molar-refractivity contribution in [2.24, 2.45) is 0 Å². The van der Waals surface area contributed by atoms with Crippen molar-refractivity contribution in [1.82, 2.24) is 4.90 Å². The highest BCUT2D eigenvalue weighted by atomic mass is 16.3. The van der Waals surface area contributed by atoms with Crippen molar-refractivity contribution >= 4 is 11.8 Å². The van der Waals surface area contributed by atoms with Gasteiger partial charge in [-0.25, -0.2) is 4.90 Å². The van der Waals surface area contributed by atoms with Crippen LogP contribution in [0.4, 0.5) is 0 Å². The molecule has 0 aliphatic carbocycles. The van der Waals surface area contributed by atoms with Crippen molar-refractivity contribution in [2.75, 3.05) is 0 Å². The van der Waals surface area contributed by atoms with Crippen molar-refractivity contribution in [1.29, 1.82) is 0 Å². The fraction of sp³-hybridized carbons (Fsp3) is 0. The van der Waals surface area contributed by atoms with Crippen LogP contribution in [0.5, 0.6) is 0 Å². The molecule has 2 heterocycles. The van der Waals surface area contributed by atoms with Gasteiger partial charge in [0.2, 0.25) is 0 Å². The Balaban J connectivity index is 2.26. The van der Waals surface area contributed by atoms with Crippen molar-refractivity contribution < 1.29 is 18.4 Å². The molecule has 0 unspecified atom stereocenters. The van der Waals surface area contributed by atoms with Crippen LogP contribution < -0.4 is 0 Å². The minimum absolute atomic E-state index is 0.0600. The quantitative estimate of drug-likeness (QED) is 0.760. The standard InChI is InChI=1S/C12H9NO4/c1-2-13(11(14)9-5-3-7-16-9)12(15)10-6-4-8-17-10/h2-8H,1H2. The molecule has 0 aliphatic rings. The van der Waals surface area contributed by atoms with Crippen molar-refractivity contribution in [2.45, 2.75) is 0 Å². The Kier molecular flexibility index (Phi) is 2.91. The Labute approximate surface area is 96.9 Å². The van der Waals surface area contributed by atoms with Crippen molar-refractivity contribution in [3.05, 3.63) is 61.1 Å². The molecule has 86 valence electrons. The predicted octanol–water partition coefficient (Wildman–Crippen LogP) is 2.30. The molecule has 0 radical (unpaired) electrons. The van der Waals surface area contributed by atoms with E-state index in [0.29, 0.717) is 0 Å². The maximum absolute atomic E-state index is 11.9. The summed E-state index contributed by atoms with van der Waals surface area (Å²) in [6.45, 7) is 3.42. The van der Waals surface area contributed by atoms with E-state index in [9.17, 15) is 9.59 Å². The third kappa shape index (κ3) is 2.03. The van der Waals surface area contributed by atoms with Crippen LogP contribution in [0.2, 0.25) is 0 Å². The summed E-state index contributed by atoms with van der Waals surface area (Å²) < 4.78 is 9.85. The fourth-order valence-corrected chi connectivity index (χ4v) is 1.30. The first-order valence-corrected chi connectivity index (χ1v) is 4.81. The van der Waals surface area contributed by atoms with Gasteiger partial charge in [0.1, 0.15) is 0 Å². The van der Waals surface area contributed by atoms with E-state index in [2.05, 4.69) is 6.58 Å². The lowest BCUT2D eigenvalue weighted by atomic mass is 10.3. The monoisotopic (exact) mass is 231 g/mol. The van der Waals surface area contributed by atoms with Gasteiger partial charge < -0.3 is 8.83 Å². The number of amides is 2. The van der Waals surface area contributed by atoms with Crippen LogP contribution in [0.15, 0.2) is 58.4 Å². The molecule has 5 nitrogen and oxygen atoms in total. The molecule has 0 spiro atoms.